The number of carbonyl (C=O) groups is 2. The van der Waals surface area contributed by atoms with Crippen LogP contribution < -0.4 is 0 Å². The summed E-state index contributed by atoms with van der Waals surface area (Å²) in [6.45, 7) is 0.773. The minimum absolute atomic E-state index is 0.0390. The van der Waals surface area contributed by atoms with Crippen LogP contribution in [0.15, 0.2) is 54.7 Å². The molecule has 5 nitrogen and oxygen atoms in total. The number of likely N-dealkylation sites (tertiary alicyclic amines) is 1. The Labute approximate surface area is 204 Å². The molecule has 0 radical (unpaired) electrons. The third-order valence-corrected chi connectivity index (χ3v) is 9.03. The lowest BCUT2D eigenvalue weighted by molar-refractivity contribution is -0.168. The number of aromatic amines is 1. The maximum Gasteiger partial charge on any atom is 0.309 e. The topological polar surface area (TPSA) is 73.4 Å². The number of halogens is 1. The summed E-state index contributed by atoms with van der Waals surface area (Å²) in [5, 5.41) is 11.8. The van der Waals surface area contributed by atoms with Crippen LogP contribution in [-0.2, 0) is 9.59 Å². The molecule has 176 valence electrons. The van der Waals surface area contributed by atoms with Gasteiger partial charge in [0.05, 0.1) is 5.41 Å². The van der Waals surface area contributed by atoms with E-state index in [1.807, 2.05) is 47.5 Å². The van der Waals surface area contributed by atoms with Crippen LogP contribution >= 0.6 is 11.6 Å². The van der Waals surface area contributed by atoms with Gasteiger partial charge < -0.3 is 15.0 Å². The highest BCUT2D eigenvalue weighted by molar-refractivity contribution is 6.31. The molecule has 2 aromatic carbocycles. The predicted octanol–water partition coefficient (Wildman–Crippen LogP) is 5.84. The first-order valence-corrected chi connectivity index (χ1v) is 12.7. The van der Waals surface area contributed by atoms with Gasteiger partial charge in [-0.1, -0.05) is 48.0 Å². The van der Waals surface area contributed by atoms with E-state index in [0.717, 1.165) is 54.3 Å². The van der Waals surface area contributed by atoms with Gasteiger partial charge in [-0.2, -0.15) is 0 Å². The number of hydrogen-bond donors (Lipinski definition) is 2. The Morgan fingerprint density at radius 2 is 1.97 bits per heavy atom. The molecule has 3 aliphatic rings. The summed E-state index contributed by atoms with van der Waals surface area (Å²) < 4.78 is 0. The van der Waals surface area contributed by atoms with Crippen molar-refractivity contribution in [3.8, 4) is 0 Å². The zero-order chi connectivity index (χ0) is 23.4. The van der Waals surface area contributed by atoms with E-state index in [2.05, 4.69) is 17.1 Å². The fourth-order valence-electron chi connectivity index (χ4n) is 7.07. The molecule has 6 heteroatoms. The average molecular weight is 477 g/mol. The van der Waals surface area contributed by atoms with Crippen LogP contribution in [0.25, 0.3) is 10.9 Å². The van der Waals surface area contributed by atoms with Crippen LogP contribution in [0, 0.1) is 17.3 Å². The van der Waals surface area contributed by atoms with Crippen molar-refractivity contribution in [3.63, 3.8) is 0 Å². The number of carboxylic acids is 1. The number of aromatic nitrogens is 1. The number of fused-ring (bicyclic) bond motifs is 3. The monoisotopic (exact) mass is 476 g/mol. The molecule has 3 bridgehead atoms. The summed E-state index contributed by atoms with van der Waals surface area (Å²) in [6, 6.07) is 16.1. The van der Waals surface area contributed by atoms with Gasteiger partial charge in [-0.3, -0.25) is 9.59 Å². The molecule has 1 amide bonds. The molecule has 2 aliphatic carbocycles. The Hall–Kier alpha value is -2.79. The number of aliphatic carboxylic acids is 1. The lowest BCUT2D eigenvalue weighted by Crippen LogP contribution is -2.60. The quantitative estimate of drug-likeness (QED) is 0.486. The van der Waals surface area contributed by atoms with E-state index in [0.29, 0.717) is 29.7 Å². The maximum atomic E-state index is 13.9. The van der Waals surface area contributed by atoms with Gasteiger partial charge in [0.15, 0.2) is 0 Å². The minimum Gasteiger partial charge on any atom is -0.481 e. The number of carbonyl (C=O) groups excluding carboxylic acids is 1. The Morgan fingerprint density at radius 3 is 2.76 bits per heavy atom. The molecular formula is C28H29ClN2O3. The van der Waals surface area contributed by atoms with Crippen LogP contribution in [0.1, 0.15) is 55.6 Å². The normalized spacial score (nSPS) is 28.7. The largest absolute Gasteiger partial charge is 0.481 e. The van der Waals surface area contributed by atoms with Gasteiger partial charge in [0, 0.05) is 47.0 Å². The number of amides is 1. The van der Waals surface area contributed by atoms with E-state index >= 15 is 0 Å². The molecule has 5 atom stereocenters. The average Bonchev–Trinajstić information content (AvgIpc) is 3.24. The number of benzene rings is 2. The summed E-state index contributed by atoms with van der Waals surface area (Å²) in [4.78, 5) is 31.4. The van der Waals surface area contributed by atoms with Gasteiger partial charge in [-0.25, -0.2) is 0 Å². The Kier molecular flexibility index (Phi) is 5.21. The summed E-state index contributed by atoms with van der Waals surface area (Å²) in [5.74, 6) is 0.244. The number of nitrogens with one attached hydrogen (secondary N) is 1. The first-order valence-electron chi connectivity index (χ1n) is 12.3. The molecule has 34 heavy (non-hydrogen) atoms. The van der Waals surface area contributed by atoms with Crippen LogP contribution in [0.5, 0.6) is 0 Å². The first kappa shape index (κ1) is 21.7. The zero-order valence-electron chi connectivity index (χ0n) is 19.0. The van der Waals surface area contributed by atoms with Crippen molar-refractivity contribution < 1.29 is 14.7 Å². The highest BCUT2D eigenvalue weighted by Crippen LogP contribution is 2.55. The molecule has 2 heterocycles. The lowest BCUT2D eigenvalue weighted by atomic mass is 9.55. The van der Waals surface area contributed by atoms with Crippen molar-refractivity contribution in [2.45, 2.75) is 50.5 Å². The Balaban J connectivity index is 1.32. The molecule has 1 saturated heterocycles. The molecule has 6 rings (SSSR count). The smallest absolute Gasteiger partial charge is 0.309 e. The first-order chi connectivity index (χ1) is 16.4. The van der Waals surface area contributed by atoms with Crippen molar-refractivity contribution in [1.82, 2.24) is 9.88 Å². The second kappa shape index (κ2) is 8.16. The Morgan fingerprint density at radius 1 is 1.15 bits per heavy atom. The number of rotatable bonds is 5. The van der Waals surface area contributed by atoms with Gasteiger partial charge in [0.1, 0.15) is 0 Å². The fourth-order valence-corrected chi connectivity index (χ4v) is 7.25. The minimum atomic E-state index is -0.672. The fraction of sp³-hybridized carbons (Fsp3) is 0.429. The number of nitrogens with zero attached hydrogens (tertiary/aromatic N) is 1. The van der Waals surface area contributed by atoms with Crippen LogP contribution in [-0.4, -0.2) is 39.5 Å². The molecule has 0 spiro atoms. The molecule has 2 N–H and O–H groups in total. The highest BCUT2D eigenvalue weighted by atomic mass is 35.5. The van der Waals surface area contributed by atoms with Gasteiger partial charge in [-0.05, 0) is 67.2 Å². The second-order valence-electron chi connectivity index (χ2n) is 10.6. The molecule has 3 fully saturated rings. The van der Waals surface area contributed by atoms with E-state index in [9.17, 15) is 14.7 Å². The van der Waals surface area contributed by atoms with Crippen LogP contribution in [0.3, 0.4) is 0 Å². The van der Waals surface area contributed by atoms with E-state index in [-0.39, 0.29) is 17.9 Å². The summed E-state index contributed by atoms with van der Waals surface area (Å²) in [6.07, 6.45) is 6.38. The van der Waals surface area contributed by atoms with E-state index in [1.165, 1.54) is 0 Å². The maximum absolute atomic E-state index is 13.9. The zero-order valence-corrected chi connectivity index (χ0v) is 19.8. The summed E-state index contributed by atoms with van der Waals surface area (Å²) in [5.41, 5.74) is 2.52. The third-order valence-electron chi connectivity index (χ3n) is 8.79. The summed E-state index contributed by atoms with van der Waals surface area (Å²) in [7, 11) is 0. The van der Waals surface area contributed by atoms with Crippen molar-refractivity contribution in [3.05, 3.63) is 70.9 Å². The predicted molar refractivity (Wildman–Crippen MR) is 132 cm³/mol. The molecule has 2 saturated carbocycles. The van der Waals surface area contributed by atoms with E-state index in [4.69, 9.17) is 11.6 Å². The number of carboxylic acid groups (broad SMARTS) is 1. The molecular weight excluding hydrogens is 448 g/mol. The lowest BCUT2D eigenvalue weighted by Gasteiger charge is -2.56. The van der Waals surface area contributed by atoms with Gasteiger partial charge in [-0.15, -0.1) is 0 Å². The number of piperidine rings is 1. The molecule has 5 unspecified atom stereocenters. The van der Waals surface area contributed by atoms with Crippen LogP contribution in [0.4, 0.5) is 0 Å². The van der Waals surface area contributed by atoms with E-state index in [1.54, 1.807) is 0 Å². The molecule has 3 aromatic rings. The summed E-state index contributed by atoms with van der Waals surface area (Å²) >= 11 is 6.20. The van der Waals surface area contributed by atoms with Crippen molar-refractivity contribution >= 4 is 34.4 Å². The van der Waals surface area contributed by atoms with Crippen LogP contribution in [0.2, 0.25) is 5.02 Å². The highest BCUT2D eigenvalue weighted by Gasteiger charge is 2.55. The standard InChI is InChI=1S/C28H29ClN2O3/c29-20-6-7-22-24(15-30-25(22)11-20)23(17-4-2-1-3-5-17)12-26(32)31-16-18-8-9-28(27(33)34)13-19(18)10-21(31)14-28/h1-7,11,15,18-19,21,23,30H,8-10,12-14,16H2,(H,33,34). The van der Waals surface area contributed by atoms with Crippen molar-refractivity contribution in [1.29, 1.82) is 0 Å². The molecule has 1 aliphatic heterocycles. The van der Waals surface area contributed by atoms with Crippen molar-refractivity contribution in [2.75, 3.05) is 6.54 Å². The number of H-pyrrole nitrogens is 1. The molecule has 1 aromatic heterocycles. The SMILES string of the molecule is O=C(CC(c1ccccc1)c1c[nH]c2cc(Cl)ccc12)N1CC2CCC3(C(=O)O)CC2CC1C3. The van der Waals surface area contributed by atoms with Gasteiger partial charge >= 0.3 is 5.97 Å². The third kappa shape index (κ3) is 3.52. The Bertz CT molecular complexity index is 1260. The number of hydrogen-bond acceptors (Lipinski definition) is 2. The second-order valence-corrected chi connectivity index (χ2v) is 11.0. The van der Waals surface area contributed by atoms with E-state index < -0.39 is 11.4 Å². The van der Waals surface area contributed by atoms with Gasteiger partial charge in [0.25, 0.3) is 0 Å². The van der Waals surface area contributed by atoms with Crippen molar-refractivity contribution in [2.24, 2.45) is 17.3 Å². The van der Waals surface area contributed by atoms with Gasteiger partial charge in [0.2, 0.25) is 5.91 Å².